The Bertz CT molecular complexity index is 1130. The first-order valence-electron chi connectivity index (χ1n) is 10.8. The van der Waals surface area contributed by atoms with E-state index in [0.717, 1.165) is 53.2 Å². The molecule has 1 aromatic heterocycles. The van der Waals surface area contributed by atoms with E-state index in [4.69, 9.17) is 9.47 Å². The van der Waals surface area contributed by atoms with Gasteiger partial charge in [-0.15, -0.1) is 17.5 Å². The molecule has 7 nitrogen and oxygen atoms in total. The van der Waals surface area contributed by atoms with Gasteiger partial charge >= 0.3 is 0 Å². The van der Waals surface area contributed by atoms with E-state index in [0.29, 0.717) is 6.61 Å². The summed E-state index contributed by atoms with van der Waals surface area (Å²) in [5.74, 6) is 2.37. The minimum atomic E-state index is 0. The van der Waals surface area contributed by atoms with Gasteiger partial charge in [-0.2, -0.15) is 4.68 Å². The van der Waals surface area contributed by atoms with E-state index in [-0.39, 0.29) is 12.4 Å². The van der Waals surface area contributed by atoms with Crippen LogP contribution in [0, 0.1) is 0 Å². The minimum Gasteiger partial charge on any atom is -0.493 e. The van der Waals surface area contributed by atoms with E-state index in [2.05, 4.69) is 39.0 Å². The Morgan fingerprint density at radius 3 is 2.44 bits per heavy atom. The second-order valence-corrected chi connectivity index (χ2v) is 8.37. The van der Waals surface area contributed by atoms with Crippen molar-refractivity contribution >= 4 is 24.2 Å². The van der Waals surface area contributed by atoms with Gasteiger partial charge in [-0.3, -0.25) is 0 Å². The second kappa shape index (κ2) is 13.6. The van der Waals surface area contributed by atoms with Crippen molar-refractivity contribution in [2.24, 2.45) is 0 Å². The maximum atomic E-state index is 5.95. The molecule has 0 aliphatic carbocycles. The number of para-hydroxylation sites is 1. The molecule has 0 aliphatic rings. The standard InChI is InChI=1S/C25H27N5O2S.ClH/c1-31-24-18-21(12-13-23(24)32-16-14-20-8-4-2-5-9-20)19-26-15-17-33-25-27-28-29-30(25)22-10-6-3-7-11-22;/h2-13,18,26H,14-17,19H2,1H3;1H. The highest BCUT2D eigenvalue weighted by Gasteiger charge is 2.09. The Morgan fingerprint density at radius 1 is 0.912 bits per heavy atom. The number of methoxy groups -OCH3 is 1. The highest BCUT2D eigenvalue weighted by molar-refractivity contribution is 7.99. The molecule has 4 rings (SSSR count). The smallest absolute Gasteiger partial charge is 0.214 e. The van der Waals surface area contributed by atoms with Gasteiger partial charge in [0.2, 0.25) is 5.16 Å². The molecule has 0 saturated heterocycles. The number of nitrogens with one attached hydrogen (secondary N) is 1. The predicted molar refractivity (Wildman–Crippen MR) is 137 cm³/mol. The van der Waals surface area contributed by atoms with Crippen molar-refractivity contribution in [1.29, 1.82) is 0 Å². The van der Waals surface area contributed by atoms with Crippen molar-refractivity contribution in [2.45, 2.75) is 18.1 Å². The molecule has 1 N–H and O–H groups in total. The maximum absolute atomic E-state index is 5.95. The zero-order chi connectivity index (χ0) is 22.7. The summed E-state index contributed by atoms with van der Waals surface area (Å²) < 4.78 is 13.2. The van der Waals surface area contributed by atoms with Gasteiger partial charge in [0.05, 0.1) is 19.4 Å². The van der Waals surface area contributed by atoms with Crippen LogP contribution in [-0.4, -0.2) is 46.2 Å². The van der Waals surface area contributed by atoms with Crippen molar-refractivity contribution in [1.82, 2.24) is 25.5 Å². The van der Waals surface area contributed by atoms with E-state index in [9.17, 15) is 0 Å². The van der Waals surface area contributed by atoms with E-state index >= 15 is 0 Å². The largest absolute Gasteiger partial charge is 0.493 e. The second-order valence-electron chi connectivity index (χ2n) is 7.30. The van der Waals surface area contributed by atoms with Crippen molar-refractivity contribution in [3.05, 3.63) is 90.0 Å². The van der Waals surface area contributed by atoms with E-state index in [1.54, 1.807) is 23.6 Å². The molecule has 0 atom stereocenters. The predicted octanol–water partition coefficient (Wildman–Crippen LogP) is 4.60. The molecule has 0 saturated carbocycles. The van der Waals surface area contributed by atoms with Crippen LogP contribution in [0.1, 0.15) is 11.1 Å². The van der Waals surface area contributed by atoms with Crippen LogP contribution in [0.4, 0.5) is 0 Å². The van der Waals surface area contributed by atoms with Crippen molar-refractivity contribution < 1.29 is 9.47 Å². The molecule has 34 heavy (non-hydrogen) atoms. The lowest BCUT2D eigenvalue weighted by Crippen LogP contribution is -2.17. The number of nitrogens with zero attached hydrogens (tertiary/aromatic N) is 4. The molecule has 4 aromatic rings. The summed E-state index contributed by atoms with van der Waals surface area (Å²) in [6.07, 6.45) is 0.860. The number of halogens is 1. The quantitative estimate of drug-likeness (QED) is 0.226. The molecule has 9 heteroatoms. The lowest BCUT2D eigenvalue weighted by Gasteiger charge is -2.13. The zero-order valence-corrected chi connectivity index (χ0v) is 20.6. The van der Waals surface area contributed by atoms with E-state index in [1.807, 2.05) is 60.7 Å². The number of aromatic nitrogens is 4. The molecule has 0 amide bonds. The Kier molecular flexibility index (Phi) is 10.2. The van der Waals surface area contributed by atoms with E-state index < -0.39 is 0 Å². The Morgan fingerprint density at radius 2 is 1.68 bits per heavy atom. The molecule has 1 heterocycles. The van der Waals surface area contributed by atoms with Crippen LogP contribution in [0.5, 0.6) is 11.5 Å². The summed E-state index contributed by atoms with van der Waals surface area (Å²) in [4.78, 5) is 0. The van der Waals surface area contributed by atoms with Gasteiger partial charge in [-0.05, 0) is 45.8 Å². The monoisotopic (exact) mass is 497 g/mol. The summed E-state index contributed by atoms with van der Waals surface area (Å²) in [5.41, 5.74) is 3.35. The molecule has 0 radical (unpaired) electrons. The molecular formula is C25H28ClN5O2S. The molecule has 0 aliphatic heterocycles. The average Bonchev–Trinajstić information content (AvgIpc) is 3.34. The zero-order valence-electron chi connectivity index (χ0n) is 19.0. The molecular weight excluding hydrogens is 470 g/mol. The van der Waals surface area contributed by atoms with Gasteiger partial charge in [-0.1, -0.05) is 66.4 Å². The fourth-order valence-electron chi connectivity index (χ4n) is 3.31. The number of hydrogen-bond acceptors (Lipinski definition) is 7. The van der Waals surface area contributed by atoms with Crippen LogP contribution in [0.3, 0.4) is 0 Å². The van der Waals surface area contributed by atoms with Crippen molar-refractivity contribution in [3.8, 4) is 17.2 Å². The number of thioether (sulfide) groups is 1. The van der Waals surface area contributed by atoms with E-state index in [1.165, 1.54) is 5.56 Å². The van der Waals surface area contributed by atoms with Gasteiger partial charge < -0.3 is 14.8 Å². The van der Waals surface area contributed by atoms with Crippen LogP contribution < -0.4 is 14.8 Å². The summed E-state index contributed by atoms with van der Waals surface area (Å²) in [6, 6.07) is 26.3. The molecule has 3 aromatic carbocycles. The summed E-state index contributed by atoms with van der Waals surface area (Å²) in [5, 5.41) is 16.3. The van der Waals surface area contributed by atoms with Gasteiger partial charge in [0, 0.05) is 25.3 Å². The highest BCUT2D eigenvalue weighted by atomic mass is 35.5. The van der Waals surface area contributed by atoms with Crippen LogP contribution in [0.25, 0.3) is 5.69 Å². The normalized spacial score (nSPS) is 10.5. The van der Waals surface area contributed by atoms with Crippen LogP contribution in [0.15, 0.2) is 84.0 Å². The fraction of sp³-hybridized carbons (Fsp3) is 0.240. The Hall–Kier alpha value is -3.07. The lowest BCUT2D eigenvalue weighted by molar-refractivity contribution is 0.297. The number of rotatable bonds is 12. The SMILES string of the molecule is COc1cc(CNCCSc2nnnn2-c2ccccc2)ccc1OCCc1ccccc1.Cl. The maximum Gasteiger partial charge on any atom is 0.214 e. The van der Waals surface area contributed by atoms with Gasteiger partial charge in [0.15, 0.2) is 11.5 Å². The number of tetrazole rings is 1. The molecule has 0 unspecified atom stereocenters. The first-order chi connectivity index (χ1) is 16.3. The van der Waals surface area contributed by atoms with Crippen molar-refractivity contribution in [3.63, 3.8) is 0 Å². The number of benzene rings is 3. The number of hydrogen-bond donors (Lipinski definition) is 1. The molecule has 0 bridgehead atoms. The molecule has 178 valence electrons. The van der Waals surface area contributed by atoms with Gasteiger partial charge in [0.25, 0.3) is 0 Å². The molecule has 0 spiro atoms. The fourth-order valence-corrected chi connectivity index (χ4v) is 4.10. The minimum absolute atomic E-state index is 0. The van der Waals surface area contributed by atoms with Crippen molar-refractivity contribution in [2.75, 3.05) is 26.0 Å². The molecule has 0 fully saturated rings. The van der Waals surface area contributed by atoms with Crippen LogP contribution in [-0.2, 0) is 13.0 Å². The van der Waals surface area contributed by atoms with Gasteiger partial charge in [0.1, 0.15) is 0 Å². The Labute approximate surface area is 210 Å². The first-order valence-corrected chi connectivity index (χ1v) is 11.8. The highest BCUT2D eigenvalue weighted by Crippen LogP contribution is 2.28. The summed E-state index contributed by atoms with van der Waals surface area (Å²) in [6.45, 7) is 2.17. The van der Waals surface area contributed by atoms with Gasteiger partial charge in [-0.25, -0.2) is 0 Å². The third-order valence-electron chi connectivity index (χ3n) is 5.00. The number of ether oxygens (including phenoxy) is 2. The van der Waals surface area contributed by atoms with Crippen LogP contribution in [0.2, 0.25) is 0 Å². The third-order valence-corrected chi connectivity index (χ3v) is 5.92. The lowest BCUT2D eigenvalue weighted by atomic mass is 10.1. The first kappa shape index (κ1) is 25.6. The van der Waals surface area contributed by atoms with Crippen LogP contribution >= 0.6 is 24.2 Å². The average molecular weight is 498 g/mol. The summed E-state index contributed by atoms with van der Waals surface area (Å²) >= 11 is 1.62. The topological polar surface area (TPSA) is 74.1 Å². The Balaban J connectivity index is 0.00000324. The summed E-state index contributed by atoms with van der Waals surface area (Å²) in [7, 11) is 1.67. The third kappa shape index (κ3) is 7.21.